The largest absolute Gasteiger partial charge is 0.394 e. The van der Waals surface area contributed by atoms with E-state index in [-0.39, 0.29) is 45.2 Å². The summed E-state index contributed by atoms with van der Waals surface area (Å²) in [5.74, 6) is -0.733. The molecule has 3 rings (SSSR count). The van der Waals surface area contributed by atoms with Crippen molar-refractivity contribution in [2.45, 2.75) is 118 Å². The predicted molar refractivity (Wildman–Crippen MR) is 151 cm³/mol. The molecule has 2 heterocycles. The molecule has 14 atom stereocenters. The summed E-state index contributed by atoms with van der Waals surface area (Å²) in [5, 5.41) is 70.4. The van der Waals surface area contributed by atoms with Crippen molar-refractivity contribution in [2.24, 2.45) is 17.2 Å². The van der Waals surface area contributed by atoms with Gasteiger partial charge in [0.2, 0.25) is 5.91 Å². The molecule has 0 radical (unpaired) electrons. The van der Waals surface area contributed by atoms with Gasteiger partial charge in [-0.25, -0.2) is 0 Å². The highest BCUT2D eigenvalue weighted by Gasteiger charge is 2.52. The monoisotopic (exact) mass is 624 g/mol. The number of nitrogens with one attached hydrogen (secondary N) is 3. The highest BCUT2D eigenvalue weighted by molar-refractivity contribution is 5.80. The zero-order valence-electron chi connectivity index (χ0n) is 24.8. The second kappa shape index (κ2) is 16.4. The lowest BCUT2D eigenvalue weighted by molar-refractivity contribution is -0.307. The predicted octanol–water partition coefficient (Wildman–Crippen LogP) is -6.13. The first-order valence-electron chi connectivity index (χ1n) is 14.9. The van der Waals surface area contributed by atoms with Crippen molar-refractivity contribution in [3.63, 3.8) is 0 Å². The van der Waals surface area contributed by atoms with Gasteiger partial charge in [-0.15, -0.1) is 0 Å². The second-order valence-corrected chi connectivity index (χ2v) is 12.0. The summed E-state index contributed by atoms with van der Waals surface area (Å²) in [6, 6.07) is -3.13. The van der Waals surface area contributed by atoms with Gasteiger partial charge >= 0.3 is 0 Å². The van der Waals surface area contributed by atoms with E-state index in [1.165, 1.54) is 6.92 Å². The summed E-state index contributed by atoms with van der Waals surface area (Å²) in [4.78, 5) is 12.7. The molecule has 15 N–H and O–H groups in total. The quantitative estimate of drug-likeness (QED) is 0.0856. The SMILES string of the molecule is CN[C@@H]1C(O)[C@@H](OC2C(O)C(O[C@H]3O[C@H](CNCC(O)CO)CCC3N)[C@@H](N)C[C@H]2NC(=O)[C@@H](O)CCN)OCC1(C)O. The van der Waals surface area contributed by atoms with Crippen LogP contribution in [-0.4, -0.2) is 162 Å². The second-order valence-electron chi connectivity index (χ2n) is 12.0. The molecule has 252 valence electrons. The number of carbonyl (C=O) groups is 1. The van der Waals surface area contributed by atoms with E-state index < -0.39 is 84.9 Å². The van der Waals surface area contributed by atoms with Gasteiger partial charge in [0.05, 0.1) is 43.5 Å². The maximum Gasteiger partial charge on any atom is 0.249 e. The summed E-state index contributed by atoms with van der Waals surface area (Å²) in [5.41, 5.74) is 16.8. The van der Waals surface area contributed by atoms with Crippen LogP contribution in [0.2, 0.25) is 0 Å². The lowest BCUT2D eigenvalue weighted by atomic mass is 9.83. The standard InChI is InChI=1S/C26H52N6O11/c1-26(39)11-40-25(19(37)22(26)30-2)43-21-16(32-23(38)17(35)5-6-27)7-15(29)20(18(21)36)42-24-14(28)4-3-13(41-24)9-31-8-12(34)10-33/h12-22,24-25,30-31,33-37,39H,3-11,27-29H2,1-2H3,(H,32,38)/t12?,13-,14?,15-,16+,17-,18?,19?,20?,21?,22+,24+,25+,26?/m0/s1. The minimum absolute atomic E-state index is 0.0136. The normalized spacial score (nSPS) is 41.9. The third-order valence-electron chi connectivity index (χ3n) is 8.27. The molecule has 0 aromatic heterocycles. The van der Waals surface area contributed by atoms with Crippen molar-refractivity contribution in [2.75, 3.05) is 39.9 Å². The minimum atomic E-state index is -1.47. The Morgan fingerprint density at radius 1 is 1.09 bits per heavy atom. The molecule has 3 aliphatic rings. The van der Waals surface area contributed by atoms with E-state index in [1.54, 1.807) is 7.05 Å². The fraction of sp³-hybridized carbons (Fsp3) is 0.962. The molecule has 0 bridgehead atoms. The van der Waals surface area contributed by atoms with E-state index in [1.807, 2.05) is 0 Å². The van der Waals surface area contributed by atoms with Crippen molar-refractivity contribution >= 4 is 5.91 Å². The van der Waals surface area contributed by atoms with Crippen LogP contribution in [0.25, 0.3) is 0 Å². The van der Waals surface area contributed by atoms with Crippen LogP contribution in [-0.2, 0) is 23.7 Å². The molecule has 0 spiro atoms. The van der Waals surface area contributed by atoms with Crippen LogP contribution < -0.4 is 33.2 Å². The van der Waals surface area contributed by atoms with Gasteiger partial charge in [0.1, 0.15) is 36.1 Å². The third kappa shape index (κ3) is 9.44. The van der Waals surface area contributed by atoms with E-state index in [2.05, 4.69) is 16.0 Å². The van der Waals surface area contributed by atoms with Gasteiger partial charge in [-0.3, -0.25) is 4.79 Å². The van der Waals surface area contributed by atoms with E-state index in [4.69, 9.17) is 41.3 Å². The summed E-state index contributed by atoms with van der Waals surface area (Å²) in [6.45, 7) is 1.54. The Morgan fingerprint density at radius 2 is 1.79 bits per heavy atom. The maximum absolute atomic E-state index is 12.7. The van der Waals surface area contributed by atoms with Crippen LogP contribution in [0.1, 0.15) is 32.6 Å². The molecule has 17 heteroatoms. The van der Waals surface area contributed by atoms with E-state index in [9.17, 15) is 30.3 Å². The molecule has 43 heavy (non-hydrogen) atoms. The lowest BCUT2D eigenvalue weighted by Gasteiger charge is -2.49. The Kier molecular flexibility index (Phi) is 13.9. The lowest BCUT2D eigenvalue weighted by Crippen LogP contribution is -2.69. The average molecular weight is 625 g/mol. The molecule has 0 aromatic carbocycles. The van der Waals surface area contributed by atoms with Crippen LogP contribution in [0.15, 0.2) is 0 Å². The Bertz CT molecular complexity index is 862. The fourth-order valence-electron chi connectivity index (χ4n) is 5.81. The van der Waals surface area contributed by atoms with Gasteiger partial charge < -0.3 is 82.7 Å². The first-order chi connectivity index (χ1) is 20.3. The fourth-order valence-corrected chi connectivity index (χ4v) is 5.81. The number of carbonyl (C=O) groups excluding carboxylic acids is 1. The number of rotatable bonds is 14. The summed E-state index contributed by atoms with van der Waals surface area (Å²) in [7, 11) is 1.57. The Labute approximate surface area is 251 Å². The zero-order chi connectivity index (χ0) is 31.9. The van der Waals surface area contributed by atoms with Gasteiger partial charge in [-0.1, -0.05) is 0 Å². The van der Waals surface area contributed by atoms with Crippen LogP contribution >= 0.6 is 0 Å². The van der Waals surface area contributed by atoms with Crippen molar-refractivity contribution in [1.82, 2.24) is 16.0 Å². The number of aliphatic hydroxyl groups excluding tert-OH is 5. The van der Waals surface area contributed by atoms with Crippen LogP contribution in [0.5, 0.6) is 0 Å². The average Bonchev–Trinajstić information content (AvgIpc) is 2.95. The number of hydrogen-bond donors (Lipinski definition) is 12. The summed E-state index contributed by atoms with van der Waals surface area (Å²) in [6.07, 6.45) is -8.80. The smallest absolute Gasteiger partial charge is 0.249 e. The zero-order valence-corrected chi connectivity index (χ0v) is 24.8. The molecule has 2 saturated heterocycles. The van der Waals surface area contributed by atoms with Crippen LogP contribution in [0.3, 0.4) is 0 Å². The minimum Gasteiger partial charge on any atom is -0.394 e. The molecule has 1 amide bonds. The number of amides is 1. The molecule has 1 aliphatic carbocycles. The van der Waals surface area contributed by atoms with Gasteiger partial charge in [0.15, 0.2) is 12.6 Å². The molecule has 0 aromatic rings. The summed E-state index contributed by atoms with van der Waals surface area (Å²) >= 11 is 0. The number of likely N-dealkylation sites (N-methyl/N-ethyl adjacent to an activating group) is 1. The Balaban J connectivity index is 1.76. The first kappa shape index (κ1) is 36.3. The number of ether oxygens (including phenoxy) is 4. The molecule has 2 aliphatic heterocycles. The molecule has 1 saturated carbocycles. The van der Waals surface area contributed by atoms with Crippen molar-refractivity contribution < 1.29 is 54.4 Å². The maximum atomic E-state index is 12.7. The molecular formula is C26H52N6O11. The van der Waals surface area contributed by atoms with Crippen LogP contribution in [0.4, 0.5) is 0 Å². The van der Waals surface area contributed by atoms with Gasteiger partial charge in [-0.05, 0) is 46.2 Å². The first-order valence-corrected chi connectivity index (χ1v) is 14.9. The Morgan fingerprint density at radius 3 is 2.44 bits per heavy atom. The van der Waals surface area contributed by atoms with E-state index >= 15 is 0 Å². The van der Waals surface area contributed by atoms with Gasteiger partial charge in [0, 0.05) is 19.1 Å². The molecular weight excluding hydrogens is 572 g/mol. The molecule has 17 nitrogen and oxygen atoms in total. The third-order valence-corrected chi connectivity index (χ3v) is 8.27. The van der Waals surface area contributed by atoms with E-state index in [0.29, 0.717) is 19.4 Å². The van der Waals surface area contributed by atoms with Crippen molar-refractivity contribution in [3.05, 3.63) is 0 Å². The van der Waals surface area contributed by atoms with Crippen LogP contribution in [0, 0.1) is 0 Å². The molecule has 7 unspecified atom stereocenters. The van der Waals surface area contributed by atoms with Crippen molar-refractivity contribution in [1.29, 1.82) is 0 Å². The van der Waals surface area contributed by atoms with Gasteiger partial charge in [-0.2, -0.15) is 0 Å². The Hall–Kier alpha value is -1.13. The summed E-state index contributed by atoms with van der Waals surface area (Å²) < 4.78 is 23.9. The van der Waals surface area contributed by atoms with Gasteiger partial charge in [0.25, 0.3) is 0 Å². The number of nitrogens with two attached hydrogens (primary N) is 3. The highest BCUT2D eigenvalue weighted by Crippen LogP contribution is 2.32. The topological polar surface area (TPSA) is 290 Å². The van der Waals surface area contributed by atoms with Crippen molar-refractivity contribution in [3.8, 4) is 0 Å². The number of aliphatic hydroxyl groups is 6. The highest BCUT2D eigenvalue weighted by atomic mass is 16.7. The molecule has 3 fully saturated rings. The van der Waals surface area contributed by atoms with E-state index in [0.717, 1.165) is 0 Å². The number of hydrogen-bond acceptors (Lipinski definition) is 16.